The molecular weight excluding hydrogens is 452 g/mol. The molecule has 1 amide bonds. The van der Waals surface area contributed by atoms with Crippen LogP contribution in [0.2, 0.25) is 0 Å². The molecule has 1 fully saturated rings. The molecule has 3 aromatic rings. The minimum Gasteiger partial charge on any atom is -0.371 e. The minimum absolute atomic E-state index is 0.0306. The lowest BCUT2D eigenvalue weighted by molar-refractivity contribution is -0.139. The van der Waals surface area contributed by atoms with Gasteiger partial charge in [-0.3, -0.25) is 4.79 Å². The highest BCUT2D eigenvalue weighted by molar-refractivity contribution is 5.78. The van der Waals surface area contributed by atoms with E-state index in [1.54, 1.807) is 9.58 Å². The topological polar surface area (TPSA) is 86.3 Å². The molecule has 1 unspecified atom stereocenters. The van der Waals surface area contributed by atoms with Crippen molar-refractivity contribution in [3.63, 3.8) is 0 Å². The summed E-state index contributed by atoms with van der Waals surface area (Å²) in [5.41, 5.74) is 6.41. The molecule has 0 aliphatic carbocycles. The van der Waals surface area contributed by atoms with Gasteiger partial charge in [0.2, 0.25) is 5.91 Å². The van der Waals surface area contributed by atoms with Gasteiger partial charge in [0.15, 0.2) is 11.6 Å². The lowest BCUT2D eigenvalue weighted by Crippen LogP contribution is -2.45. The van der Waals surface area contributed by atoms with E-state index in [-0.39, 0.29) is 29.8 Å². The second-order valence-electron chi connectivity index (χ2n) is 9.99. The van der Waals surface area contributed by atoms with E-state index in [9.17, 15) is 13.6 Å². The predicted molar refractivity (Wildman–Crippen MR) is 128 cm³/mol. The second kappa shape index (κ2) is 10.2. The number of hydrogen-bond acceptors (Lipinski definition) is 5. The molecule has 0 bridgehead atoms. The molecule has 2 aromatic carbocycles. The van der Waals surface area contributed by atoms with Crippen molar-refractivity contribution < 1.29 is 18.3 Å². The van der Waals surface area contributed by atoms with Crippen LogP contribution in [0.4, 0.5) is 8.78 Å². The molecule has 2 atom stereocenters. The first-order chi connectivity index (χ1) is 16.7. The summed E-state index contributed by atoms with van der Waals surface area (Å²) in [6.45, 7) is 7.50. The molecule has 0 spiro atoms. The maximum atomic E-state index is 14.7. The fraction of sp³-hybridized carbons (Fsp3) is 0.423. The van der Waals surface area contributed by atoms with E-state index in [4.69, 9.17) is 15.5 Å². The van der Waals surface area contributed by atoms with E-state index in [1.165, 1.54) is 0 Å². The van der Waals surface area contributed by atoms with Crippen LogP contribution in [0.25, 0.3) is 11.4 Å². The standard InChI is InChI=1S/C26H31F2N5O2/c1-26(2,3)23(32-13-18(12-29)15-35-16-22(32)34)25-30-24(20-11-19(27)9-10-21(20)28)31-33(25)14-17-7-5-4-6-8-17/h4-11,18,23H,12-16,29H2,1-3H3/t18?,23-/m0/s1. The third-order valence-electron chi connectivity index (χ3n) is 6.11. The van der Waals surface area contributed by atoms with Crippen molar-refractivity contribution in [3.8, 4) is 11.4 Å². The number of rotatable bonds is 6. The quantitative estimate of drug-likeness (QED) is 0.577. The Hall–Kier alpha value is -3.17. The number of carbonyl (C=O) groups excluding carboxylic acids is 1. The van der Waals surface area contributed by atoms with Crippen molar-refractivity contribution >= 4 is 5.91 Å². The van der Waals surface area contributed by atoms with Gasteiger partial charge in [-0.05, 0) is 35.7 Å². The SMILES string of the molecule is CC(C)(C)[C@H](c1nc(-c2cc(F)ccc2F)nn1Cc1ccccc1)N1CC(CN)COCC1=O. The monoisotopic (exact) mass is 483 g/mol. The number of hydrogen-bond donors (Lipinski definition) is 1. The summed E-state index contributed by atoms with van der Waals surface area (Å²) in [5, 5.41) is 4.60. The summed E-state index contributed by atoms with van der Waals surface area (Å²) in [5.74, 6) is -0.849. The number of nitrogens with two attached hydrogens (primary N) is 1. The van der Waals surface area contributed by atoms with E-state index >= 15 is 0 Å². The number of benzene rings is 2. The lowest BCUT2D eigenvalue weighted by Gasteiger charge is -2.39. The maximum Gasteiger partial charge on any atom is 0.249 e. The van der Waals surface area contributed by atoms with Crippen LogP contribution in [-0.2, 0) is 16.1 Å². The Kier molecular flexibility index (Phi) is 7.28. The van der Waals surface area contributed by atoms with Gasteiger partial charge in [0.25, 0.3) is 0 Å². The molecule has 1 saturated heterocycles. The molecule has 35 heavy (non-hydrogen) atoms. The molecule has 1 aliphatic heterocycles. The van der Waals surface area contributed by atoms with Crippen LogP contribution in [0, 0.1) is 23.0 Å². The zero-order chi connectivity index (χ0) is 25.2. The van der Waals surface area contributed by atoms with Gasteiger partial charge >= 0.3 is 0 Å². The summed E-state index contributed by atoms with van der Waals surface area (Å²) >= 11 is 0. The van der Waals surface area contributed by atoms with Gasteiger partial charge in [-0.2, -0.15) is 5.10 Å². The Morgan fingerprint density at radius 2 is 1.91 bits per heavy atom. The first kappa shape index (κ1) is 24.9. The fourth-order valence-corrected chi connectivity index (χ4v) is 4.43. The fourth-order valence-electron chi connectivity index (χ4n) is 4.43. The number of halogens is 2. The van der Waals surface area contributed by atoms with Crippen molar-refractivity contribution in [2.24, 2.45) is 17.1 Å². The van der Waals surface area contributed by atoms with Gasteiger partial charge in [0.1, 0.15) is 18.2 Å². The Labute approximate surface area is 203 Å². The Bertz CT molecular complexity index is 1180. The highest BCUT2D eigenvalue weighted by Gasteiger charge is 2.40. The summed E-state index contributed by atoms with van der Waals surface area (Å²) < 4.78 is 35.9. The first-order valence-corrected chi connectivity index (χ1v) is 11.7. The number of amides is 1. The van der Waals surface area contributed by atoms with Crippen LogP contribution in [0.3, 0.4) is 0 Å². The number of carbonyl (C=O) groups is 1. The molecule has 0 saturated carbocycles. The van der Waals surface area contributed by atoms with Crippen LogP contribution in [0.1, 0.15) is 38.2 Å². The van der Waals surface area contributed by atoms with Crippen LogP contribution in [-0.4, -0.2) is 51.9 Å². The summed E-state index contributed by atoms with van der Waals surface area (Å²) in [4.78, 5) is 19.6. The van der Waals surface area contributed by atoms with Gasteiger partial charge in [-0.25, -0.2) is 18.4 Å². The van der Waals surface area contributed by atoms with E-state index in [2.05, 4.69) is 5.10 Å². The average Bonchev–Trinajstić information content (AvgIpc) is 3.11. The molecule has 7 nitrogen and oxygen atoms in total. The second-order valence-corrected chi connectivity index (χ2v) is 9.99. The zero-order valence-electron chi connectivity index (χ0n) is 20.2. The minimum atomic E-state index is -0.621. The van der Waals surface area contributed by atoms with Gasteiger partial charge in [0.05, 0.1) is 24.8 Å². The van der Waals surface area contributed by atoms with E-state index in [0.717, 1.165) is 23.8 Å². The molecule has 4 rings (SSSR count). The number of aromatic nitrogens is 3. The lowest BCUT2D eigenvalue weighted by atomic mass is 9.84. The van der Waals surface area contributed by atoms with Crippen molar-refractivity contribution in [1.29, 1.82) is 0 Å². The molecular formula is C26H31F2N5O2. The Morgan fingerprint density at radius 3 is 2.60 bits per heavy atom. The molecule has 1 aliphatic rings. The highest BCUT2D eigenvalue weighted by atomic mass is 19.1. The van der Waals surface area contributed by atoms with Crippen molar-refractivity contribution in [2.45, 2.75) is 33.4 Å². The van der Waals surface area contributed by atoms with Gasteiger partial charge in [-0.1, -0.05) is 51.1 Å². The third-order valence-corrected chi connectivity index (χ3v) is 6.11. The normalized spacial score (nSPS) is 17.9. The summed E-state index contributed by atoms with van der Waals surface area (Å²) in [6.07, 6.45) is 0. The summed E-state index contributed by atoms with van der Waals surface area (Å²) in [7, 11) is 0. The van der Waals surface area contributed by atoms with Crippen molar-refractivity contribution in [2.75, 3.05) is 26.3 Å². The smallest absolute Gasteiger partial charge is 0.249 e. The van der Waals surface area contributed by atoms with E-state index in [1.807, 2.05) is 51.1 Å². The molecule has 0 radical (unpaired) electrons. The predicted octanol–water partition coefficient (Wildman–Crippen LogP) is 3.79. The van der Waals surface area contributed by atoms with Crippen molar-refractivity contribution in [1.82, 2.24) is 19.7 Å². The third kappa shape index (κ3) is 5.57. The van der Waals surface area contributed by atoms with Crippen LogP contribution >= 0.6 is 0 Å². The first-order valence-electron chi connectivity index (χ1n) is 11.7. The Morgan fingerprint density at radius 1 is 1.17 bits per heavy atom. The Balaban J connectivity index is 1.87. The zero-order valence-corrected chi connectivity index (χ0v) is 20.2. The van der Waals surface area contributed by atoms with Crippen LogP contribution in [0.5, 0.6) is 0 Å². The van der Waals surface area contributed by atoms with Gasteiger partial charge in [-0.15, -0.1) is 0 Å². The number of nitrogens with zero attached hydrogens (tertiary/aromatic N) is 4. The molecule has 1 aromatic heterocycles. The maximum absolute atomic E-state index is 14.7. The molecule has 2 N–H and O–H groups in total. The van der Waals surface area contributed by atoms with Crippen molar-refractivity contribution in [3.05, 3.63) is 71.6 Å². The van der Waals surface area contributed by atoms with Crippen LogP contribution < -0.4 is 5.73 Å². The highest BCUT2D eigenvalue weighted by Crippen LogP contribution is 2.39. The largest absolute Gasteiger partial charge is 0.371 e. The molecule has 2 heterocycles. The van der Waals surface area contributed by atoms with Gasteiger partial charge in [0, 0.05) is 12.5 Å². The number of ether oxygens (including phenoxy) is 1. The summed E-state index contributed by atoms with van der Waals surface area (Å²) in [6, 6.07) is 12.4. The average molecular weight is 484 g/mol. The van der Waals surface area contributed by atoms with Crippen LogP contribution in [0.15, 0.2) is 48.5 Å². The molecule has 9 heteroatoms. The van der Waals surface area contributed by atoms with E-state index < -0.39 is 23.1 Å². The van der Waals surface area contributed by atoms with Gasteiger partial charge < -0.3 is 15.4 Å². The van der Waals surface area contributed by atoms with E-state index in [0.29, 0.717) is 32.1 Å². The molecule has 186 valence electrons.